The lowest BCUT2D eigenvalue weighted by Crippen LogP contribution is -2.09. The van der Waals surface area contributed by atoms with Crippen LogP contribution in [0.2, 0.25) is 0 Å². The van der Waals surface area contributed by atoms with E-state index in [-0.39, 0.29) is 0 Å². The Morgan fingerprint density at radius 2 is 2.15 bits per heavy atom. The molecule has 5 nitrogen and oxygen atoms in total. The molecule has 2 aromatic heterocycles. The predicted molar refractivity (Wildman–Crippen MR) is 82.0 cm³/mol. The lowest BCUT2D eigenvalue weighted by Gasteiger charge is -2.08. The minimum absolute atomic E-state index is 0.545. The summed E-state index contributed by atoms with van der Waals surface area (Å²) >= 11 is 9.39. The Balaban J connectivity index is 2.12. The lowest BCUT2D eigenvalue weighted by atomic mass is 10.3. The van der Waals surface area contributed by atoms with Crippen LogP contribution >= 0.6 is 27.5 Å². The SMILES string of the molecule is Cn1cnnc1Cn1c(CCCl)nc2ccc(Br)cc21. The van der Waals surface area contributed by atoms with E-state index < -0.39 is 0 Å². The second-order valence-corrected chi connectivity index (χ2v) is 5.84. The highest BCUT2D eigenvalue weighted by Crippen LogP contribution is 2.22. The first-order chi connectivity index (χ1) is 9.69. The average Bonchev–Trinajstić information content (AvgIpc) is 2.96. The van der Waals surface area contributed by atoms with Crippen LogP contribution in [0.5, 0.6) is 0 Å². The van der Waals surface area contributed by atoms with Crippen molar-refractivity contribution >= 4 is 38.6 Å². The van der Waals surface area contributed by atoms with Gasteiger partial charge in [0.05, 0.1) is 17.6 Å². The highest BCUT2D eigenvalue weighted by Gasteiger charge is 2.13. The van der Waals surface area contributed by atoms with Gasteiger partial charge in [-0.1, -0.05) is 15.9 Å². The molecule has 0 radical (unpaired) electrons. The van der Waals surface area contributed by atoms with Crippen LogP contribution < -0.4 is 0 Å². The van der Waals surface area contributed by atoms with Crippen molar-refractivity contribution in [1.29, 1.82) is 0 Å². The minimum atomic E-state index is 0.545. The van der Waals surface area contributed by atoms with Crippen molar-refractivity contribution in [2.24, 2.45) is 7.05 Å². The molecule has 0 fully saturated rings. The molecule has 0 spiro atoms. The first-order valence-corrected chi connectivity index (χ1v) is 7.55. The van der Waals surface area contributed by atoms with Crippen molar-refractivity contribution in [3.8, 4) is 0 Å². The number of aryl methyl sites for hydroxylation is 2. The number of aromatic nitrogens is 5. The molecule has 0 bridgehead atoms. The molecule has 0 aliphatic heterocycles. The molecule has 20 heavy (non-hydrogen) atoms. The maximum absolute atomic E-state index is 5.88. The summed E-state index contributed by atoms with van der Waals surface area (Å²) in [6, 6.07) is 6.06. The zero-order valence-electron chi connectivity index (χ0n) is 10.9. The first-order valence-electron chi connectivity index (χ1n) is 6.22. The molecule has 7 heteroatoms. The van der Waals surface area contributed by atoms with Crippen LogP contribution in [0.15, 0.2) is 29.0 Å². The summed E-state index contributed by atoms with van der Waals surface area (Å²) in [6.45, 7) is 0.635. The van der Waals surface area contributed by atoms with E-state index in [0.717, 1.165) is 33.6 Å². The number of alkyl halides is 1. The molecule has 3 aromatic rings. The van der Waals surface area contributed by atoms with Crippen LogP contribution in [0, 0.1) is 0 Å². The van der Waals surface area contributed by atoms with Gasteiger partial charge in [-0.05, 0) is 18.2 Å². The van der Waals surface area contributed by atoms with Gasteiger partial charge >= 0.3 is 0 Å². The normalized spacial score (nSPS) is 11.3. The number of benzene rings is 1. The molecule has 0 aliphatic rings. The van der Waals surface area contributed by atoms with Crippen LogP contribution in [-0.4, -0.2) is 30.2 Å². The zero-order chi connectivity index (χ0) is 14.1. The lowest BCUT2D eigenvalue weighted by molar-refractivity contribution is 0.680. The second kappa shape index (κ2) is 5.54. The Hall–Kier alpha value is -1.40. The summed E-state index contributed by atoms with van der Waals surface area (Å²) in [7, 11) is 1.94. The Labute approximate surface area is 129 Å². The van der Waals surface area contributed by atoms with E-state index in [9.17, 15) is 0 Å². The molecule has 0 N–H and O–H groups in total. The van der Waals surface area contributed by atoms with Gasteiger partial charge in [0.15, 0.2) is 5.82 Å². The largest absolute Gasteiger partial charge is 0.320 e. The van der Waals surface area contributed by atoms with Crippen molar-refractivity contribution in [1.82, 2.24) is 24.3 Å². The van der Waals surface area contributed by atoms with Gasteiger partial charge in [0.25, 0.3) is 0 Å². The van der Waals surface area contributed by atoms with Gasteiger partial charge in [0.1, 0.15) is 12.2 Å². The molecule has 0 atom stereocenters. The molecular weight excluding hydrogens is 342 g/mol. The molecule has 1 aromatic carbocycles. The van der Waals surface area contributed by atoms with Gasteiger partial charge in [-0.15, -0.1) is 21.8 Å². The second-order valence-electron chi connectivity index (χ2n) is 4.54. The predicted octanol–water partition coefficient (Wildman–Crippen LogP) is 2.76. The Kier molecular flexibility index (Phi) is 3.76. The van der Waals surface area contributed by atoms with Gasteiger partial charge in [-0.2, -0.15) is 0 Å². The average molecular weight is 355 g/mol. The number of rotatable bonds is 4. The number of hydrogen-bond acceptors (Lipinski definition) is 3. The molecule has 0 unspecified atom stereocenters. The van der Waals surface area contributed by atoms with Crippen molar-refractivity contribution in [3.05, 3.63) is 40.6 Å². The van der Waals surface area contributed by atoms with Crippen molar-refractivity contribution in [2.75, 3.05) is 5.88 Å². The fourth-order valence-corrected chi connectivity index (χ4v) is 2.71. The Morgan fingerprint density at radius 3 is 2.85 bits per heavy atom. The monoisotopic (exact) mass is 353 g/mol. The maximum atomic E-state index is 5.88. The molecule has 2 heterocycles. The van der Waals surface area contributed by atoms with Crippen molar-refractivity contribution in [3.63, 3.8) is 0 Å². The van der Waals surface area contributed by atoms with E-state index in [1.807, 2.05) is 23.7 Å². The summed E-state index contributed by atoms with van der Waals surface area (Å²) < 4.78 is 5.09. The van der Waals surface area contributed by atoms with Crippen LogP contribution in [-0.2, 0) is 20.0 Å². The van der Waals surface area contributed by atoms with Gasteiger partial charge in [-0.3, -0.25) is 0 Å². The number of halogens is 2. The smallest absolute Gasteiger partial charge is 0.152 e. The molecule has 0 amide bonds. The zero-order valence-corrected chi connectivity index (χ0v) is 13.3. The molecular formula is C13H13BrClN5. The third kappa shape index (κ3) is 2.45. The third-order valence-electron chi connectivity index (χ3n) is 3.21. The van der Waals surface area contributed by atoms with Gasteiger partial charge in [-0.25, -0.2) is 4.98 Å². The topological polar surface area (TPSA) is 48.5 Å². The van der Waals surface area contributed by atoms with Gasteiger partial charge < -0.3 is 9.13 Å². The minimum Gasteiger partial charge on any atom is -0.320 e. The molecule has 0 aliphatic carbocycles. The first kappa shape index (κ1) is 13.6. The molecule has 0 saturated carbocycles. The Morgan fingerprint density at radius 1 is 1.30 bits per heavy atom. The third-order valence-corrected chi connectivity index (χ3v) is 3.89. The summed E-state index contributed by atoms with van der Waals surface area (Å²) in [5.74, 6) is 2.40. The van der Waals surface area contributed by atoms with E-state index in [2.05, 4.69) is 41.7 Å². The molecule has 0 saturated heterocycles. The van der Waals surface area contributed by atoms with Crippen LogP contribution in [0.3, 0.4) is 0 Å². The maximum Gasteiger partial charge on any atom is 0.152 e. The van der Waals surface area contributed by atoms with E-state index in [0.29, 0.717) is 12.4 Å². The summed E-state index contributed by atoms with van der Waals surface area (Å²) in [5, 5.41) is 8.06. The van der Waals surface area contributed by atoms with Gasteiger partial charge in [0, 0.05) is 23.8 Å². The van der Waals surface area contributed by atoms with Crippen molar-refractivity contribution in [2.45, 2.75) is 13.0 Å². The van der Waals surface area contributed by atoms with Crippen molar-refractivity contribution < 1.29 is 0 Å². The highest BCUT2D eigenvalue weighted by molar-refractivity contribution is 9.10. The molecule has 3 rings (SSSR count). The van der Waals surface area contributed by atoms with E-state index in [4.69, 9.17) is 11.6 Å². The fraction of sp³-hybridized carbons (Fsp3) is 0.308. The Bertz CT molecular complexity index is 748. The highest BCUT2D eigenvalue weighted by atomic mass is 79.9. The fourth-order valence-electron chi connectivity index (χ4n) is 2.19. The summed E-state index contributed by atoms with van der Waals surface area (Å²) in [4.78, 5) is 4.65. The summed E-state index contributed by atoms with van der Waals surface area (Å²) in [5.41, 5.74) is 2.04. The van der Waals surface area contributed by atoms with Crippen LogP contribution in [0.25, 0.3) is 11.0 Å². The van der Waals surface area contributed by atoms with E-state index in [1.165, 1.54) is 0 Å². The molecule has 104 valence electrons. The van der Waals surface area contributed by atoms with E-state index in [1.54, 1.807) is 6.33 Å². The number of imidazole rings is 1. The number of nitrogens with zero attached hydrogens (tertiary/aromatic N) is 5. The van der Waals surface area contributed by atoms with Crippen LogP contribution in [0.1, 0.15) is 11.6 Å². The number of hydrogen-bond donors (Lipinski definition) is 0. The quantitative estimate of drug-likeness (QED) is 0.677. The number of fused-ring (bicyclic) bond motifs is 1. The van der Waals surface area contributed by atoms with Crippen LogP contribution in [0.4, 0.5) is 0 Å². The standard InChI is InChI=1S/C13H13BrClN5/c1-19-8-16-18-13(19)7-20-11-6-9(14)2-3-10(11)17-12(20)4-5-15/h2-3,6,8H,4-5,7H2,1H3. The van der Waals surface area contributed by atoms with E-state index >= 15 is 0 Å². The summed E-state index contributed by atoms with van der Waals surface area (Å²) in [6.07, 6.45) is 2.43. The van der Waals surface area contributed by atoms with Gasteiger partial charge in [0.2, 0.25) is 0 Å².